The first-order chi connectivity index (χ1) is 20.8. The van der Waals surface area contributed by atoms with Crippen molar-refractivity contribution in [3.8, 4) is 0 Å². The Kier molecular flexibility index (Phi) is 14.3. The highest BCUT2D eigenvalue weighted by Gasteiger charge is 2.58. The zero-order valence-electron chi connectivity index (χ0n) is 25.2. The van der Waals surface area contributed by atoms with E-state index in [9.17, 15) is 51.1 Å². The zero-order chi connectivity index (χ0) is 32.8. The van der Waals surface area contributed by atoms with E-state index in [0.717, 1.165) is 19.3 Å². The minimum Gasteiger partial charge on any atom is -0.394 e. The molecular formula is C28H50O16. The van der Waals surface area contributed by atoms with Crippen molar-refractivity contribution in [2.75, 3.05) is 33.0 Å². The Bertz CT molecular complexity index is 890. The van der Waals surface area contributed by atoms with Crippen LogP contribution in [-0.2, 0) is 28.4 Å². The molecule has 3 saturated heterocycles. The minimum atomic E-state index is -2.36. The summed E-state index contributed by atoms with van der Waals surface area (Å²) in [5, 5.41) is 102. The minimum absolute atomic E-state index is 0.110. The van der Waals surface area contributed by atoms with Crippen LogP contribution in [0.4, 0.5) is 0 Å². The normalized spacial score (nSPS) is 43.6. The molecule has 3 aliphatic rings. The molecule has 16 heteroatoms. The van der Waals surface area contributed by atoms with Gasteiger partial charge < -0.3 is 79.5 Å². The van der Waals surface area contributed by atoms with E-state index >= 15 is 0 Å². The second kappa shape index (κ2) is 16.8. The highest BCUT2D eigenvalue weighted by Crippen LogP contribution is 2.36. The molecule has 0 aromatic carbocycles. The number of aliphatic hydroxyl groups is 10. The van der Waals surface area contributed by atoms with Crippen LogP contribution in [0.2, 0.25) is 0 Å². The van der Waals surface area contributed by atoms with Crippen LogP contribution in [0.25, 0.3) is 0 Å². The number of aliphatic hydroxyl groups excluding tert-OH is 10. The summed E-state index contributed by atoms with van der Waals surface area (Å²) in [4.78, 5) is 0. The summed E-state index contributed by atoms with van der Waals surface area (Å²) in [5.41, 5.74) is 1.26. The molecule has 0 amide bonds. The van der Waals surface area contributed by atoms with Gasteiger partial charge in [-0.1, -0.05) is 18.6 Å². The molecule has 0 radical (unpaired) electrons. The third-order valence-corrected chi connectivity index (χ3v) is 8.23. The molecule has 3 aliphatic heterocycles. The maximum absolute atomic E-state index is 10.5. The summed E-state index contributed by atoms with van der Waals surface area (Å²) < 4.78 is 33.1. The molecule has 15 atom stereocenters. The molecule has 0 saturated carbocycles. The van der Waals surface area contributed by atoms with Crippen molar-refractivity contribution < 1.29 is 79.5 Å². The lowest BCUT2D eigenvalue weighted by molar-refractivity contribution is -0.388. The van der Waals surface area contributed by atoms with Crippen LogP contribution < -0.4 is 0 Å². The number of hydrogen-bond donors (Lipinski definition) is 10. The van der Waals surface area contributed by atoms with Gasteiger partial charge in [0.1, 0.15) is 73.8 Å². The van der Waals surface area contributed by atoms with E-state index in [2.05, 4.69) is 13.0 Å². The molecule has 0 aliphatic carbocycles. The van der Waals surface area contributed by atoms with E-state index in [-0.39, 0.29) is 6.61 Å². The Morgan fingerprint density at radius 3 is 1.91 bits per heavy atom. The third kappa shape index (κ3) is 8.92. The summed E-state index contributed by atoms with van der Waals surface area (Å²) >= 11 is 0. The van der Waals surface area contributed by atoms with Crippen LogP contribution in [0.3, 0.4) is 0 Å². The highest BCUT2D eigenvalue weighted by molar-refractivity contribution is 4.99. The maximum Gasteiger partial charge on any atom is 0.224 e. The van der Waals surface area contributed by atoms with Crippen molar-refractivity contribution in [3.05, 3.63) is 11.6 Å². The second-order valence-corrected chi connectivity index (χ2v) is 12.1. The van der Waals surface area contributed by atoms with Gasteiger partial charge in [0.15, 0.2) is 12.6 Å². The lowest BCUT2D eigenvalue weighted by Gasteiger charge is -2.44. The lowest BCUT2D eigenvalue weighted by Crippen LogP contribution is -2.63. The zero-order valence-corrected chi connectivity index (χ0v) is 25.2. The predicted octanol–water partition coefficient (Wildman–Crippen LogP) is -3.77. The quantitative estimate of drug-likeness (QED) is 0.0607. The van der Waals surface area contributed by atoms with Crippen molar-refractivity contribution >= 4 is 0 Å². The Labute approximate surface area is 256 Å². The first kappa shape index (κ1) is 37.6. The Morgan fingerprint density at radius 1 is 0.750 bits per heavy atom. The molecular weight excluding hydrogens is 592 g/mol. The van der Waals surface area contributed by atoms with Crippen molar-refractivity contribution in [3.63, 3.8) is 0 Å². The SMILES string of the molecule is CC(C)=CCC[C@@H](C)CCOC[C@H]1O[C@@H](OC[C@H]2O[C@H](O[C@]3(CO)O[C@H](CO)[C@@H](O)[C@@H]3O)[C@H](O)[C@@H](O)[C@@H]2O)[C@H](O)[C@@H](O)[C@H]1O. The van der Waals surface area contributed by atoms with Crippen molar-refractivity contribution in [2.24, 2.45) is 5.92 Å². The average Bonchev–Trinajstić information content (AvgIpc) is 3.24. The van der Waals surface area contributed by atoms with Crippen LogP contribution in [0.15, 0.2) is 11.6 Å². The van der Waals surface area contributed by atoms with Gasteiger partial charge in [-0.25, -0.2) is 0 Å². The van der Waals surface area contributed by atoms with Crippen LogP contribution in [-0.4, -0.2) is 170 Å². The van der Waals surface area contributed by atoms with Gasteiger partial charge >= 0.3 is 0 Å². The molecule has 0 aromatic heterocycles. The van der Waals surface area contributed by atoms with Gasteiger partial charge in [-0.2, -0.15) is 0 Å². The van der Waals surface area contributed by atoms with Gasteiger partial charge in [0, 0.05) is 6.61 Å². The van der Waals surface area contributed by atoms with Gasteiger partial charge in [-0.05, 0) is 39.0 Å². The van der Waals surface area contributed by atoms with Gasteiger partial charge in [-0.15, -0.1) is 0 Å². The molecule has 44 heavy (non-hydrogen) atoms. The Balaban J connectivity index is 1.56. The molecule has 0 aromatic rings. The first-order valence-electron chi connectivity index (χ1n) is 14.9. The average molecular weight is 643 g/mol. The lowest BCUT2D eigenvalue weighted by atomic mass is 9.98. The summed E-state index contributed by atoms with van der Waals surface area (Å²) in [6.07, 6.45) is -16.3. The van der Waals surface area contributed by atoms with Crippen LogP contribution in [0.1, 0.15) is 40.0 Å². The molecule has 3 fully saturated rings. The molecule has 258 valence electrons. The van der Waals surface area contributed by atoms with E-state index < -0.39 is 105 Å². The molecule has 3 heterocycles. The number of hydrogen-bond acceptors (Lipinski definition) is 16. The predicted molar refractivity (Wildman–Crippen MR) is 147 cm³/mol. The van der Waals surface area contributed by atoms with Gasteiger partial charge in [0.25, 0.3) is 0 Å². The third-order valence-electron chi connectivity index (χ3n) is 8.23. The second-order valence-electron chi connectivity index (χ2n) is 12.1. The van der Waals surface area contributed by atoms with Gasteiger partial charge in [0.05, 0.1) is 19.8 Å². The number of rotatable bonds is 15. The van der Waals surface area contributed by atoms with Crippen LogP contribution >= 0.6 is 0 Å². The molecule has 0 spiro atoms. The van der Waals surface area contributed by atoms with Crippen LogP contribution in [0, 0.1) is 5.92 Å². The Morgan fingerprint density at radius 2 is 1.34 bits per heavy atom. The van der Waals surface area contributed by atoms with E-state index in [0.29, 0.717) is 12.5 Å². The summed E-state index contributed by atoms with van der Waals surface area (Å²) in [6, 6.07) is 0. The number of ether oxygens (including phenoxy) is 6. The Hall–Kier alpha value is -0.900. The summed E-state index contributed by atoms with van der Waals surface area (Å²) in [5.74, 6) is -1.96. The monoisotopic (exact) mass is 642 g/mol. The highest BCUT2D eigenvalue weighted by atomic mass is 16.8. The van der Waals surface area contributed by atoms with E-state index in [1.165, 1.54) is 5.57 Å². The van der Waals surface area contributed by atoms with E-state index in [1.807, 2.05) is 13.8 Å². The molecule has 16 nitrogen and oxygen atoms in total. The standard InChI is InChI=1S/C28H50O16/c1-13(2)5-4-6-14(3)7-8-39-10-16-18(31)21(34)23(36)26(41-16)40-11-17-19(32)22(35)24(37)27(42-17)44-28(12-30)25(38)20(33)15(9-29)43-28/h5,14-27,29-38H,4,6-12H2,1-3H3/t14-,15-,16-,17-,18+,19-,20-,21+,22+,23-,24-,25+,26-,27-,28+/m1/s1. The first-order valence-corrected chi connectivity index (χ1v) is 14.9. The topological polar surface area (TPSA) is 258 Å². The van der Waals surface area contributed by atoms with E-state index in [4.69, 9.17) is 28.4 Å². The molecule has 10 N–H and O–H groups in total. The van der Waals surface area contributed by atoms with Crippen molar-refractivity contribution in [1.82, 2.24) is 0 Å². The largest absolute Gasteiger partial charge is 0.394 e. The number of allylic oxidation sites excluding steroid dienone is 2. The fourth-order valence-corrected chi connectivity index (χ4v) is 5.28. The van der Waals surface area contributed by atoms with Crippen LogP contribution in [0.5, 0.6) is 0 Å². The van der Waals surface area contributed by atoms with Gasteiger partial charge in [-0.3, -0.25) is 0 Å². The smallest absolute Gasteiger partial charge is 0.224 e. The molecule has 0 unspecified atom stereocenters. The van der Waals surface area contributed by atoms with Crippen molar-refractivity contribution in [2.45, 2.75) is 126 Å². The van der Waals surface area contributed by atoms with Gasteiger partial charge in [0.2, 0.25) is 5.79 Å². The summed E-state index contributed by atoms with van der Waals surface area (Å²) in [6.45, 7) is 4.08. The fraction of sp³-hybridized carbons (Fsp3) is 0.929. The fourth-order valence-electron chi connectivity index (χ4n) is 5.28. The van der Waals surface area contributed by atoms with E-state index in [1.54, 1.807) is 0 Å². The molecule has 0 bridgehead atoms. The van der Waals surface area contributed by atoms with Crippen molar-refractivity contribution in [1.29, 1.82) is 0 Å². The summed E-state index contributed by atoms with van der Waals surface area (Å²) in [7, 11) is 0. The molecule has 3 rings (SSSR count). The maximum atomic E-state index is 10.5.